The van der Waals surface area contributed by atoms with Gasteiger partial charge in [-0.15, -0.1) is 0 Å². The summed E-state index contributed by atoms with van der Waals surface area (Å²) in [5.74, 6) is 0. The van der Waals surface area contributed by atoms with Gasteiger partial charge in [-0.25, -0.2) is 4.98 Å². The Balaban J connectivity index is 1.46. The summed E-state index contributed by atoms with van der Waals surface area (Å²) in [6.45, 7) is 0. The smallest absolute Gasteiger partial charge is 0.145 e. The molecule has 0 spiro atoms. The minimum Gasteiger partial charge on any atom is -0.299 e. The molecule has 0 amide bonds. The quantitative estimate of drug-likeness (QED) is 0.287. The Morgan fingerprint density at radius 1 is 0.677 bits per heavy atom. The van der Waals surface area contributed by atoms with Gasteiger partial charge in [0.1, 0.15) is 5.65 Å². The van der Waals surface area contributed by atoms with E-state index in [9.17, 15) is 0 Å². The van der Waals surface area contributed by atoms with Gasteiger partial charge in [-0.2, -0.15) is 0 Å². The molecule has 0 aliphatic heterocycles. The van der Waals surface area contributed by atoms with E-state index in [1.165, 1.54) is 60.7 Å². The van der Waals surface area contributed by atoms with Gasteiger partial charge in [0.05, 0.1) is 5.52 Å². The molecule has 6 aromatic rings. The van der Waals surface area contributed by atoms with Gasteiger partial charge in [-0.05, 0) is 68.8 Å². The van der Waals surface area contributed by atoms with Crippen LogP contribution in [-0.4, -0.2) is 14.4 Å². The highest BCUT2D eigenvalue weighted by molar-refractivity contribution is 6.15. The number of hydrogen-bond donors (Lipinski definition) is 0. The number of hydrogen-bond acceptors (Lipinski definition) is 2. The number of fused-ring (bicyclic) bond motifs is 14. The molecule has 3 heterocycles. The predicted octanol–water partition coefficient (Wildman–Crippen LogP) is 6.18. The molecule has 0 radical (unpaired) electrons. The maximum Gasteiger partial charge on any atom is 0.145 e. The van der Waals surface area contributed by atoms with Gasteiger partial charge in [0, 0.05) is 35.6 Å². The molecule has 31 heavy (non-hydrogen) atoms. The highest BCUT2D eigenvalue weighted by Gasteiger charge is 2.29. The first kappa shape index (κ1) is 15.8. The highest BCUT2D eigenvalue weighted by atomic mass is 15.0. The molecule has 3 aromatic heterocycles. The van der Waals surface area contributed by atoms with Crippen LogP contribution in [-0.2, 0) is 12.8 Å². The first-order valence-electron chi connectivity index (χ1n) is 10.8. The second-order valence-corrected chi connectivity index (χ2v) is 8.66. The second kappa shape index (κ2) is 5.38. The van der Waals surface area contributed by atoms with Crippen molar-refractivity contribution in [3.63, 3.8) is 0 Å². The van der Waals surface area contributed by atoms with Crippen LogP contribution in [0.3, 0.4) is 0 Å². The van der Waals surface area contributed by atoms with Gasteiger partial charge in [-0.1, -0.05) is 48.5 Å². The van der Waals surface area contributed by atoms with Crippen LogP contribution in [0.4, 0.5) is 0 Å². The monoisotopic (exact) mass is 395 g/mol. The zero-order valence-electron chi connectivity index (χ0n) is 16.8. The molecule has 3 nitrogen and oxygen atoms in total. The summed E-state index contributed by atoms with van der Waals surface area (Å²) in [5, 5.41) is 3.69. The molecule has 0 unspecified atom stereocenters. The molecule has 0 saturated carbocycles. The van der Waals surface area contributed by atoms with E-state index >= 15 is 0 Å². The van der Waals surface area contributed by atoms with E-state index in [2.05, 4.69) is 70.2 Å². The summed E-state index contributed by atoms with van der Waals surface area (Å²) in [5.41, 5.74) is 13.6. The summed E-state index contributed by atoms with van der Waals surface area (Å²) >= 11 is 0. The number of benzene rings is 3. The van der Waals surface area contributed by atoms with E-state index in [0.29, 0.717) is 0 Å². The van der Waals surface area contributed by atoms with E-state index in [4.69, 9.17) is 4.98 Å². The summed E-state index contributed by atoms with van der Waals surface area (Å²) in [4.78, 5) is 9.21. The van der Waals surface area contributed by atoms with Crippen LogP contribution in [0.25, 0.3) is 49.6 Å². The van der Waals surface area contributed by atoms with Crippen molar-refractivity contribution in [2.45, 2.75) is 12.8 Å². The molecule has 3 heteroatoms. The zero-order valence-corrected chi connectivity index (χ0v) is 16.8. The predicted molar refractivity (Wildman–Crippen MR) is 124 cm³/mol. The standard InChI is InChI=1S/C28H17N3/c1-2-4-17-16(3-1)13-22-18(17)5-6-19-20-7-8-21-25-15-29-10-9-26(25)31-12-11-30-28(31)27(21)24(20)14-23(19)22/h1-12,15H,13-14H2. The van der Waals surface area contributed by atoms with Crippen molar-refractivity contribution in [1.82, 2.24) is 14.4 Å². The lowest BCUT2D eigenvalue weighted by atomic mass is 9.96. The van der Waals surface area contributed by atoms with Crippen LogP contribution in [0.2, 0.25) is 0 Å². The van der Waals surface area contributed by atoms with Crippen LogP contribution in [0.1, 0.15) is 22.3 Å². The third-order valence-electron chi connectivity index (χ3n) is 7.27. The van der Waals surface area contributed by atoms with Gasteiger partial charge in [0.15, 0.2) is 0 Å². The average Bonchev–Trinajstić information content (AvgIpc) is 3.53. The second-order valence-electron chi connectivity index (χ2n) is 8.66. The lowest BCUT2D eigenvalue weighted by Gasteiger charge is -2.11. The van der Waals surface area contributed by atoms with E-state index in [0.717, 1.165) is 24.0 Å². The van der Waals surface area contributed by atoms with Gasteiger partial charge in [0.2, 0.25) is 0 Å². The molecule has 144 valence electrons. The topological polar surface area (TPSA) is 30.2 Å². The average molecular weight is 395 g/mol. The minimum absolute atomic E-state index is 0.966. The lowest BCUT2D eigenvalue weighted by Crippen LogP contribution is -1.95. The maximum atomic E-state index is 4.78. The van der Waals surface area contributed by atoms with Gasteiger partial charge < -0.3 is 0 Å². The summed E-state index contributed by atoms with van der Waals surface area (Å²) < 4.78 is 2.21. The van der Waals surface area contributed by atoms with E-state index in [-0.39, 0.29) is 0 Å². The van der Waals surface area contributed by atoms with Crippen molar-refractivity contribution in [1.29, 1.82) is 0 Å². The van der Waals surface area contributed by atoms with Crippen molar-refractivity contribution >= 4 is 27.3 Å². The Morgan fingerprint density at radius 2 is 1.48 bits per heavy atom. The Morgan fingerprint density at radius 3 is 2.45 bits per heavy atom. The summed E-state index contributed by atoms with van der Waals surface area (Å²) in [6.07, 6.45) is 9.81. The highest BCUT2D eigenvalue weighted by Crippen LogP contribution is 2.48. The van der Waals surface area contributed by atoms with Crippen LogP contribution in [0.5, 0.6) is 0 Å². The van der Waals surface area contributed by atoms with Gasteiger partial charge >= 0.3 is 0 Å². The maximum absolute atomic E-state index is 4.78. The fraction of sp³-hybridized carbons (Fsp3) is 0.0714. The van der Waals surface area contributed by atoms with Gasteiger partial charge in [0.25, 0.3) is 0 Å². The number of pyridine rings is 2. The number of rotatable bonds is 0. The zero-order chi connectivity index (χ0) is 20.1. The molecular weight excluding hydrogens is 378 g/mol. The van der Waals surface area contributed by atoms with Crippen molar-refractivity contribution < 1.29 is 0 Å². The fourth-order valence-corrected chi connectivity index (χ4v) is 5.96. The van der Waals surface area contributed by atoms with Crippen molar-refractivity contribution in [2.75, 3.05) is 0 Å². The molecule has 0 fully saturated rings. The molecule has 2 aliphatic carbocycles. The third kappa shape index (κ3) is 1.85. The van der Waals surface area contributed by atoms with Crippen molar-refractivity contribution in [2.24, 2.45) is 0 Å². The minimum atomic E-state index is 0.966. The first-order valence-corrected chi connectivity index (χ1v) is 10.8. The Labute approximate surface area is 178 Å². The largest absolute Gasteiger partial charge is 0.299 e. The number of aromatic nitrogens is 3. The molecule has 8 rings (SSSR count). The van der Waals surface area contributed by atoms with E-state index < -0.39 is 0 Å². The van der Waals surface area contributed by atoms with Crippen LogP contribution < -0.4 is 0 Å². The molecule has 3 aromatic carbocycles. The van der Waals surface area contributed by atoms with E-state index in [1.807, 2.05) is 18.6 Å². The SMILES string of the molecule is c1ccc2c(c1)Cc1c-2ccc2c1Cc1c-2ccc2c3cnccc3n3ccnc3c12. The summed E-state index contributed by atoms with van der Waals surface area (Å²) in [7, 11) is 0. The lowest BCUT2D eigenvalue weighted by molar-refractivity contribution is 1.17. The first-order chi connectivity index (χ1) is 15.4. The van der Waals surface area contributed by atoms with Crippen LogP contribution in [0, 0.1) is 0 Å². The number of nitrogens with zero attached hydrogens (tertiary/aromatic N) is 3. The van der Waals surface area contributed by atoms with E-state index in [1.54, 1.807) is 0 Å². The van der Waals surface area contributed by atoms with Crippen molar-refractivity contribution in [3.05, 3.63) is 102 Å². The number of imidazole rings is 1. The van der Waals surface area contributed by atoms with Crippen LogP contribution in [0.15, 0.2) is 79.4 Å². The molecule has 0 N–H and O–H groups in total. The summed E-state index contributed by atoms with van der Waals surface area (Å²) in [6, 6.07) is 20.2. The molecule has 2 aliphatic rings. The molecule has 0 bridgehead atoms. The molecule has 0 saturated heterocycles. The molecule has 0 atom stereocenters. The fourth-order valence-electron chi connectivity index (χ4n) is 5.96. The third-order valence-corrected chi connectivity index (χ3v) is 7.27. The Hall–Kier alpha value is -3.98. The van der Waals surface area contributed by atoms with Gasteiger partial charge in [-0.3, -0.25) is 9.38 Å². The normalized spacial score (nSPS) is 13.5. The van der Waals surface area contributed by atoms with Crippen LogP contribution >= 0.6 is 0 Å². The Kier molecular flexibility index (Phi) is 2.74. The Bertz CT molecular complexity index is 1740. The van der Waals surface area contributed by atoms with Crippen molar-refractivity contribution in [3.8, 4) is 22.3 Å². The molecular formula is C28H17N3.